The molecular formula is C12H6ClNO2. The van der Waals surface area contributed by atoms with Crippen molar-refractivity contribution in [1.29, 1.82) is 0 Å². The van der Waals surface area contributed by atoms with Crippen LogP contribution in [-0.4, -0.2) is 4.98 Å². The normalized spacial score (nSPS) is 11.1. The van der Waals surface area contributed by atoms with Gasteiger partial charge in [-0.3, -0.25) is 9.78 Å². The number of hydrogen-bond acceptors (Lipinski definition) is 3. The summed E-state index contributed by atoms with van der Waals surface area (Å²) in [6.45, 7) is 0. The zero-order valence-corrected chi connectivity index (χ0v) is 8.86. The Hall–Kier alpha value is -1.87. The Kier molecular flexibility index (Phi) is 1.94. The summed E-state index contributed by atoms with van der Waals surface area (Å²) in [6, 6.07) is 6.94. The van der Waals surface area contributed by atoms with Crippen molar-refractivity contribution in [2.75, 3.05) is 0 Å². The fraction of sp³-hybridized carbons (Fsp3) is 0. The highest BCUT2D eigenvalue weighted by Gasteiger charge is 2.05. The molecule has 0 N–H and O–H groups in total. The van der Waals surface area contributed by atoms with E-state index in [9.17, 15) is 4.79 Å². The Morgan fingerprint density at radius 3 is 3.00 bits per heavy atom. The number of fused-ring (bicyclic) bond motifs is 2. The van der Waals surface area contributed by atoms with Gasteiger partial charge in [-0.25, -0.2) is 0 Å². The lowest BCUT2D eigenvalue weighted by Gasteiger charge is -1.90. The van der Waals surface area contributed by atoms with Crippen LogP contribution in [0.15, 0.2) is 45.9 Å². The highest BCUT2D eigenvalue weighted by Crippen LogP contribution is 2.17. The van der Waals surface area contributed by atoms with Crippen LogP contribution < -0.4 is 5.43 Å². The second-order valence-corrected chi connectivity index (χ2v) is 3.89. The van der Waals surface area contributed by atoms with Gasteiger partial charge in [0.1, 0.15) is 0 Å². The lowest BCUT2D eigenvalue weighted by atomic mass is 10.3. The summed E-state index contributed by atoms with van der Waals surface area (Å²) >= 11 is 5.83. The monoisotopic (exact) mass is 231 g/mol. The molecule has 2 aromatic heterocycles. The molecule has 0 bridgehead atoms. The zero-order chi connectivity index (χ0) is 11.1. The van der Waals surface area contributed by atoms with E-state index in [0.29, 0.717) is 21.5 Å². The highest BCUT2D eigenvalue weighted by molar-refractivity contribution is 6.31. The molecule has 0 fully saturated rings. The van der Waals surface area contributed by atoms with Gasteiger partial charge in [0.2, 0.25) is 5.43 Å². The van der Waals surface area contributed by atoms with E-state index in [2.05, 4.69) is 4.98 Å². The van der Waals surface area contributed by atoms with Gasteiger partial charge in [0, 0.05) is 11.6 Å². The van der Waals surface area contributed by atoms with E-state index in [0.717, 1.165) is 5.39 Å². The Bertz CT molecular complexity index is 749. The van der Waals surface area contributed by atoms with Crippen molar-refractivity contribution in [3.05, 3.63) is 52.0 Å². The maximum atomic E-state index is 12.1. The zero-order valence-electron chi connectivity index (χ0n) is 8.11. The summed E-state index contributed by atoms with van der Waals surface area (Å²) in [4.78, 5) is 16.2. The first-order chi connectivity index (χ1) is 7.75. The average molecular weight is 232 g/mol. The fourth-order valence-corrected chi connectivity index (χ4v) is 1.85. The minimum Gasteiger partial charge on any atom is -0.460 e. The summed E-state index contributed by atoms with van der Waals surface area (Å²) in [5.74, 6) is 0. The number of halogens is 1. The molecule has 0 amide bonds. The number of pyridine rings is 1. The molecule has 3 aromatic rings. The maximum Gasteiger partial charge on any atom is 0.231 e. The molecule has 1 aromatic carbocycles. The predicted molar refractivity (Wildman–Crippen MR) is 62.8 cm³/mol. The average Bonchev–Trinajstić information content (AvgIpc) is 2.70. The molecule has 78 valence electrons. The van der Waals surface area contributed by atoms with Crippen molar-refractivity contribution < 1.29 is 4.42 Å². The first kappa shape index (κ1) is 9.36. The molecule has 0 saturated carbocycles. The third-order valence-electron chi connectivity index (χ3n) is 2.45. The van der Waals surface area contributed by atoms with Gasteiger partial charge >= 0.3 is 0 Å². The molecule has 0 unspecified atom stereocenters. The molecular weight excluding hydrogens is 226 g/mol. The van der Waals surface area contributed by atoms with E-state index in [1.807, 2.05) is 6.07 Å². The minimum absolute atomic E-state index is 0.185. The lowest BCUT2D eigenvalue weighted by molar-refractivity contribution is 0.614. The SMILES string of the molecule is O=c1c2cc(Cl)cnc2ccc2ccoc12. The van der Waals surface area contributed by atoms with Crippen molar-refractivity contribution >= 4 is 33.5 Å². The van der Waals surface area contributed by atoms with E-state index < -0.39 is 0 Å². The molecule has 0 aliphatic rings. The number of nitrogens with zero attached hydrogens (tertiary/aromatic N) is 1. The summed E-state index contributed by atoms with van der Waals surface area (Å²) < 4.78 is 5.17. The molecule has 0 aliphatic heterocycles. The third-order valence-corrected chi connectivity index (χ3v) is 2.66. The van der Waals surface area contributed by atoms with Crippen LogP contribution in [0.1, 0.15) is 0 Å². The molecule has 0 aliphatic carbocycles. The first-order valence-electron chi connectivity index (χ1n) is 4.71. The Labute approximate surface area is 95.3 Å². The lowest BCUT2D eigenvalue weighted by Crippen LogP contribution is -1.97. The van der Waals surface area contributed by atoms with Crippen LogP contribution in [0, 0.1) is 0 Å². The van der Waals surface area contributed by atoms with Crippen LogP contribution in [0.2, 0.25) is 5.02 Å². The molecule has 3 rings (SSSR count). The highest BCUT2D eigenvalue weighted by atomic mass is 35.5. The minimum atomic E-state index is -0.185. The number of furan rings is 1. The first-order valence-corrected chi connectivity index (χ1v) is 5.09. The topological polar surface area (TPSA) is 43.1 Å². The second kappa shape index (κ2) is 3.32. The number of hydrogen-bond donors (Lipinski definition) is 0. The smallest absolute Gasteiger partial charge is 0.231 e. The fourth-order valence-electron chi connectivity index (χ4n) is 1.69. The molecule has 0 radical (unpaired) electrons. The molecule has 4 heteroatoms. The van der Waals surface area contributed by atoms with Gasteiger partial charge in [-0.2, -0.15) is 0 Å². The standard InChI is InChI=1S/C12H6ClNO2/c13-8-5-9-10(14-6-8)2-1-7-3-4-16-12(7)11(9)15/h1-6H. The van der Waals surface area contributed by atoms with Gasteiger partial charge in [0.25, 0.3) is 0 Å². The van der Waals surface area contributed by atoms with E-state index in [1.165, 1.54) is 12.5 Å². The van der Waals surface area contributed by atoms with E-state index in [4.69, 9.17) is 16.0 Å². The van der Waals surface area contributed by atoms with Gasteiger partial charge in [0.15, 0.2) is 5.58 Å². The van der Waals surface area contributed by atoms with Crippen molar-refractivity contribution in [2.45, 2.75) is 0 Å². The quantitative estimate of drug-likeness (QED) is 0.597. The van der Waals surface area contributed by atoms with Gasteiger partial charge in [-0.15, -0.1) is 0 Å². The Morgan fingerprint density at radius 2 is 2.12 bits per heavy atom. The van der Waals surface area contributed by atoms with Crippen molar-refractivity contribution in [3.63, 3.8) is 0 Å². The van der Waals surface area contributed by atoms with Crippen LogP contribution in [0.25, 0.3) is 21.9 Å². The van der Waals surface area contributed by atoms with Gasteiger partial charge in [-0.05, 0) is 24.3 Å². The Balaban J connectivity index is 2.66. The summed E-state index contributed by atoms with van der Waals surface area (Å²) in [5.41, 5.74) is 0.759. The molecule has 0 saturated heterocycles. The van der Waals surface area contributed by atoms with Crippen LogP contribution in [-0.2, 0) is 0 Å². The Morgan fingerprint density at radius 1 is 1.25 bits per heavy atom. The van der Waals surface area contributed by atoms with Crippen LogP contribution in [0.3, 0.4) is 0 Å². The van der Waals surface area contributed by atoms with E-state index in [-0.39, 0.29) is 5.43 Å². The predicted octanol–water partition coefficient (Wildman–Crippen LogP) is 2.99. The number of rotatable bonds is 0. The second-order valence-electron chi connectivity index (χ2n) is 3.45. The molecule has 3 nitrogen and oxygen atoms in total. The van der Waals surface area contributed by atoms with E-state index in [1.54, 1.807) is 18.2 Å². The van der Waals surface area contributed by atoms with Gasteiger partial charge in [0.05, 0.1) is 22.2 Å². The van der Waals surface area contributed by atoms with Gasteiger partial charge in [-0.1, -0.05) is 11.6 Å². The van der Waals surface area contributed by atoms with Crippen LogP contribution in [0.5, 0.6) is 0 Å². The van der Waals surface area contributed by atoms with Crippen molar-refractivity contribution in [1.82, 2.24) is 4.98 Å². The molecule has 2 heterocycles. The third kappa shape index (κ3) is 1.29. The number of aromatic nitrogens is 1. The van der Waals surface area contributed by atoms with Crippen molar-refractivity contribution in [3.8, 4) is 0 Å². The summed E-state index contributed by atoms with van der Waals surface area (Å²) in [6.07, 6.45) is 3.01. The van der Waals surface area contributed by atoms with E-state index >= 15 is 0 Å². The largest absolute Gasteiger partial charge is 0.460 e. The maximum absolute atomic E-state index is 12.1. The summed E-state index contributed by atoms with van der Waals surface area (Å²) in [5, 5.41) is 1.67. The van der Waals surface area contributed by atoms with Gasteiger partial charge < -0.3 is 4.42 Å². The van der Waals surface area contributed by atoms with Crippen LogP contribution in [0.4, 0.5) is 0 Å². The molecule has 0 atom stereocenters. The molecule has 16 heavy (non-hydrogen) atoms. The summed E-state index contributed by atoms with van der Waals surface area (Å²) in [7, 11) is 0. The van der Waals surface area contributed by atoms with Crippen molar-refractivity contribution in [2.24, 2.45) is 0 Å². The molecule has 0 spiro atoms. The van der Waals surface area contributed by atoms with Crippen LogP contribution >= 0.6 is 11.6 Å².